The van der Waals surface area contributed by atoms with Gasteiger partial charge in [-0.05, 0) is 42.7 Å². The van der Waals surface area contributed by atoms with E-state index >= 15 is 0 Å². The largest absolute Gasteiger partial charge is 0.493 e. The molecule has 5 nitrogen and oxygen atoms in total. The first-order chi connectivity index (χ1) is 11.7. The van der Waals surface area contributed by atoms with Crippen molar-refractivity contribution in [3.05, 3.63) is 47.8 Å². The van der Waals surface area contributed by atoms with E-state index in [2.05, 4.69) is 10.4 Å². The molecule has 0 bridgehead atoms. The third-order valence-electron chi connectivity index (χ3n) is 4.88. The van der Waals surface area contributed by atoms with Gasteiger partial charge in [0.2, 0.25) is 5.91 Å². The number of aromatic nitrogens is 2. The number of amides is 1. The molecule has 0 radical (unpaired) electrons. The standard InChI is InChI=1S/C19H23N3O2/c1-22-11-15(10-21-22)16-8-17(16)19(23)20-9-14-4-2-3-5-18(14)24-12-13-6-7-13/h2-5,10-11,13,16-17H,6-9,12H2,1H3,(H,20,23)/t16-,17+/m1/s1. The summed E-state index contributed by atoms with van der Waals surface area (Å²) in [5.74, 6) is 2.14. The van der Waals surface area contributed by atoms with Crippen LogP contribution in [0.25, 0.3) is 0 Å². The summed E-state index contributed by atoms with van der Waals surface area (Å²) in [6, 6.07) is 7.97. The Morgan fingerprint density at radius 3 is 2.96 bits per heavy atom. The Labute approximate surface area is 142 Å². The quantitative estimate of drug-likeness (QED) is 0.851. The SMILES string of the molecule is Cn1cc([C@H]2C[C@@H]2C(=O)NCc2ccccc2OCC2CC2)cn1. The highest BCUT2D eigenvalue weighted by molar-refractivity contribution is 5.82. The average molecular weight is 325 g/mol. The highest BCUT2D eigenvalue weighted by atomic mass is 16.5. The van der Waals surface area contributed by atoms with E-state index in [1.165, 1.54) is 12.8 Å². The first kappa shape index (κ1) is 15.2. The maximum absolute atomic E-state index is 12.4. The van der Waals surface area contributed by atoms with Crippen LogP contribution in [0.1, 0.15) is 36.3 Å². The monoisotopic (exact) mass is 325 g/mol. The third-order valence-corrected chi connectivity index (χ3v) is 4.88. The van der Waals surface area contributed by atoms with Gasteiger partial charge >= 0.3 is 0 Å². The van der Waals surface area contributed by atoms with Crippen LogP contribution in [0.15, 0.2) is 36.7 Å². The zero-order valence-electron chi connectivity index (χ0n) is 13.9. The lowest BCUT2D eigenvalue weighted by molar-refractivity contribution is -0.122. The summed E-state index contributed by atoms with van der Waals surface area (Å²) in [5, 5.41) is 7.25. The first-order valence-corrected chi connectivity index (χ1v) is 8.67. The molecule has 1 heterocycles. The molecule has 0 aliphatic heterocycles. The highest BCUT2D eigenvalue weighted by Crippen LogP contribution is 2.47. The summed E-state index contributed by atoms with van der Waals surface area (Å²) in [6.45, 7) is 1.31. The molecule has 2 saturated carbocycles. The van der Waals surface area contributed by atoms with Gasteiger partial charge in [0.05, 0.1) is 12.8 Å². The molecule has 2 aromatic rings. The van der Waals surface area contributed by atoms with Crippen molar-refractivity contribution in [3.8, 4) is 5.75 Å². The van der Waals surface area contributed by atoms with Crippen LogP contribution in [0.5, 0.6) is 5.75 Å². The van der Waals surface area contributed by atoms with Crippen LogP contribution >= 0.6 is 0 Å². The minimum absolute atomic E-state index is 0.0775. The number of carbonyl (C=O) groups is 1. The molecule has 1 aromatic carbocycles. The molecule has 0 spiro atoms. The molecule has 2 aliphatic rings. The molecule has 2 fully saturated rings. The highest BCUT2D eigenvalue weighted by Gasteiger charge is 2.44. The van der Waals surface area contributed by atoms with Crippen LogP contribution in [0.2, 0.25) is 0 Å². The fourth-order valence-corrected chi connectivity index (χ4v) is 3.08. The van der Waals surface area contributed by atoms with Gasteiger partial charge in [-0.15, -0.1) is 0 Å². The van der Waals surface area contributed by atoms with Crippen molar-refractivity contribution in [1.29, 1.82) is 0 Å². The molecule has 126 valence electrons. The first-order valence-electron chi connectivity index (χ1n) is 8.67. The maximum atomic E-state index is 12.4. The Hall–Kier alpha value is -2.30. The molecule has 5 heteroatoms. The summed E-state index contributed by atoms with van der Waals surface area (Å²) in [4.78, 5) is 12.4. The minimum atomic E-state index is 0.0775. The van der Waals surface area contributed by atoms with Crippen molar-refractivity contribution >= 4 is 5.91 Å². The van der Waals surface area contributed by atoms with Gasteiger partial charge < -0.3 is 10.1 Å². The fraction of sp³-hybridized carbons (Fsp3) is 0.474. The number of aryl methyl sites for hydroxylation is 1. The lowest BCUT2D eigenvalue weighted by Crippen LogP contribution is -2.25. The van der Waals surface area contributed by atoms with E-state index in [0.29, 0.717) is 12.5 Å². The number of rotatable bonds is 7. The van der Waals surface area contributed by atoms with Crippen LogP contribution in [-0.2, 0) is 18.4 Å². The van der Waals surface area contributed by atoms with E-state index in [4.69, 9.17) is 4.74 Å². The van der Waals surface area contributed by atoms with Crippen LogP contribution in [0.3, 0.4) is 0 Å². The number of benzene rings is 1. The number of carbonyl (C=O) groups excluding carboxylic acids is 1. The van der Waals surface area contributed by atoms with Crippen LogP contribution < -0.4 is 10.1 Å². The van der Waals surface area contributed by atoms with Gasteiger partial charge in [0.15, 0.2) is 0 Å². The predicted molar refractivity (Wildman–Crippen MR) is 90.6 cm³/mol. The smallest absolute Gasteiger partial charge is 0.224 e. The zero-order chi connectivity index (χ0) is 16.5. The fourth-order valence-electron chi connectivity index (χ4n) is 3.08. The summed E-state index contributed by atoms with van der Waals surface area (Å²) in [6.07, 6.45) is 7.32. The zero-order valence-corrected chi connectivity index (χ0v) is 13.9. The van der Waals surface area contributed by atoms with E-state index in [1.807, 2.05) is 43.7 Å². The van der Waals surface area contributed by atoms with Crippen molar-refractivity contribution in [1.82, 2.24) is 15.1 Å². The van der Waals surface area contributed by atoms with Crippen molar-refractivity contribution in [2.45, 2.75) is 31.7 Å². The Morgan fingerprint density at radius 1 is 1.38 bits per heavy atom. The van der Waals surface area contributed by atoms with Crippen molar-refractivity contribution < 1.29 is 9.53 Å². The molecule has 2 aliphatic carbocycles. The van der Waals surface area contributed by atoms with E-state index in [1.54, 1.807) is 4.68 Å². The van der Waals surface area contributed by atoms with Gasteiger partial charge in [0.25, 0.3) is 0 Å². The van der Waals surface area contributed by atoms with Gasteiger partial charge in [-0.2, -0.15) is 5.10 Å². The molecule has 0 unspecified atom stereocenters. The summed E-state index contributed by atoms with van der Waals surface area (Å²) in [5.41, 5.74) is 2.20. The lowest BCUT2D eigenvalue weighted by atomic mass is 10.1. The van der Waals surface area contributed by atoms with Crippen molar-refractivity contribution in [3.63, 3.8) is 0 Å². The van der Waals surface area contributed by atoms with E-state index in [0.717, 1.165) is 35.8 Å². The topological polar surface area (TPSA) is 56.2 Å². The average Bonchev–Trinajstić information content (AvgIpc) is 3.50. The summed E-state index contributed by atoms with van der Waals surface area (Å²) in [7, 11) is 1.90. The lowest BCUT2D eigenvalue weighted by Gasteiger charge is -2.12. The second-order valence-electron chi connectivity index (χ2n) is 6.98. The minimum Gasteiger partial charge on any atom is -0.493 e. The summed E-state index contributed by atoms with van der Waals surface area (Å²) < 4.78 is 7.69. The van der Waals surface area contributed by atoms with Crippen molar-refractivity contribution in [2.24, 2.45) is 18.9 Å². The Balaban J connectivity index is 1.31. The third kappa shape index (κ3) is 3.45. The number of hydrogen-bond donors (Lipinski definition) is 1. The number of ether oxygens (including phenoxy) is 1. The number of nitrogens with zero attached hydrogens (tertiary/aromatic N) is 2. The Bertz CT molecular complexity index is 736. The molecule has 0 saturated heterocycles. The normalized spacial score (nSPS) is 22.2. The van der Waals surface area contributed by atoms with Gasteiger partial charge in [-0.25, -0.2) is 0 Å². The molecule has 2 atom stereocenters. The summed E-state index contributed by atoms with van der Waals surface area (Å²) >= 11 is 0. The number of hydrogen-bond acceptors (Lipinski definition) is 3. The molecule has 1 aromatic heterocycles. The second-order valence-corrected chi connectivity index (χ2v) is 6.98. The molecule has 1 amide bonds. The molecule has 4 rings (SSSR count). The molecular weight excluding hydrogens is 302 g/mol. The maximum Gasteiger partial charge on any atom is 0.224 e. The van der Waals surface area contributed by atoms with E-state index < -0.39 is 0 Å². The van der Waals surface area contributed by atoms with Gasteiger partial charge in [-0.3, -0.25) is 9.48 Å². The van der Waals surface area contributed by atoms with E-state index in [-0.39, 0.29) is 11.8 Å². The number of nitrogens with one attached hydrogen (secondary N) is 1. The predicted octanol–water partition coefficient (Wildman–Crippen LogP) is 2.63. The molecular formula is C19H23N3O2. The van der Waals surface area contributed by atoms with E-state index in [9.17, 15) is 4.79 Å². The van der Waals surface area contributed by atoms with Gasteiger partial charge in [0.1, 0.15) is 5.75 Å². The van der Waals surface area contributed by atoms with Gasteiger partial charge in [0, 0.05) is 31.3 Å². The van der Waals surface area contributed by atoms with Crippen LogP contribution in [0.4, 0.5) is 0 Å². The van der Waals surface area contributed by atoms with Crippen LogP contribution in [0, 0.1) is 11.8 Å². The molecule has 1 N–H and O–H groups in total. The Kier molecular flexibility index (Phi) is 4.00. The van der Waals surface area contributed by atoms with Gasteiger partial charge in [-0.1, -0.05) is 18.2 Å². The second kappa shape index (κ2) is 6.30. The molecule has 24 heavy (non-hydrogen) atoms. The number of para-hydroxylation sites is 1. The van der Waals surface area contributed by atoms with Crippen molar-refractivity contribution in [2.75, 3.05) is 6.61 Å². The Morgan fingerprint density at radius 2 is 2.21 bits per heavy atom. The van der Waals surface area contributed by atoms with Crippen LogP contribution in [-0.4, -0.2) is 22.3 Å².